The van der Waals surface area contributed by atoms with E-state index < -0.39 is 16.0 Å². The van der Waals surface area contributed by atoms with E-state index in [1.807, 2.05) is 13.8 Å². The molecule has 0 radical (unpaired) electrons. The van der Waals surface area contributed by atoms with Crippen LogP contribution in [0.4, 0.5) is 5.82 Å². The number of methoxy groups -OCH3 is 1. The van der Waals surface area contributed by atoms with Crippen molar-refractivity contribution in [3.05, 3.63) is 59.7 Å². The largest absolute Gasteiger partial charge is 0.493 e. The summed E-state index contributed by atoms with van der Waals surface area (Å²) in [6.07, 6.45) is 2.97. The molecule has 0 unspecified atom stereocenters. The average Bonchev–Trinajstić information content (AvgIpc) is 3.41. The molecule has 4 aromatic rings. The van der Waals surface area contributed by atoms with Crippen LogP contribution in [-0.4, -0.2) is 52.3 Å². The Morgan fingerprint density at radius 3 is 2.39 bits per heavy atom. The van der Waals surface area contributed by atoms with Crippen molar-refractivity contribution < 1.29 is 27.8 Å². The molecule has 2 N–H and O–H groups in total. The van der Waals surface area contributed by atoms with E-state index in [2.05, 4.69) is 24.7 Å². The molecule has 11 nitrogen and oxygen atoms in total. The Bertz CT molecular complexity index is 1540. The van der Waals surface area contributed by atoms with Gasteiger partial charge in [-0.15, -0.1) is 11.3 Å². The zero-order valence-electron chi connectivity index (χ0n) is 20.5. The first kappa shape index (κ1) is 27.3. The van der Waals surface area contributed by atoms with E-state index in [1.54, 1.807) is 36.4 Å². The Balaban J connectivity index is 1.88. The lowest BCUT2D eigenvalue weighted by molar-refractivity contribution is -0.133. The van der Waals surface area contributed by atoms with E-state index in [0.29, 0.717) is 5.75 Å². The van der Waals surface area contributed by atoms with Gasteiger partial charge in [0.1, 0.15) is 9.24 Å². The number of aromatic nitrogens is 4. The number of carboxylic acid groups (broad SMARTS) is 1. The lowest BCUT2D eigenvalue weighted by Crippen LogP contribution is -2.15. The highest BCUT2D eigenvalue weighted by atomic mass is 32.2. The van der Waals surface area contributed by atoms with Gasteiger partial charge in [-0.3, -0.25) is 9.52 Å². The summed E-state index contributed by atoms with van der Waals surface area (Å²) in [6.45, 7) is 3.94. The molecule has 0 spiro atoms. The number of thioether (sulfide) groups is 1. The van der Waals surface area contributed by atoms with Gasteiger partial charge in [0, 0.05) is 17.3 Å². The van der Waals surface area contributed by atoms with Crippen LogP contribution in [0.1, 0.15) is 24.6 Å². The van der Waals surface area contributed by atoms with Gasteiger partial charge in [-0.05, 0) is 36.2 Å². The van der Waals surface area contributed by atoms with Crippen LogP contribution in [-0.2, 0) is 14.8 Å². The molecule has 14 heteroatoms. The predicted molar refractivity (Wildman–Crippen MR) is 144 cm³/mol. The molecule has 0 saturated carbocycles. The van der Waals surface area contributed by atoms with Crippen molar-refractivity contribution in [1.82, 2.24) is 19.9 Å². The third kappa shape index (κ3) is 6.38. The highest BCUT2D eigenvalue weighted by Crippen LogP contribution is 2.42. The van der Waals surface area contributed by atoms with Crippen molar-refractivity contribution in [2.75, 3.05) is 17.6 Å². The maximum absolute atomic E-state index is 13.4. The second kappa shape index (κ2) is 11.8. The Hall–Kier alpha value is -3.75. The molecule has 38 heavy (non-hydrogen) atoms. The standard InChI is InChI=1S/C24H23N5O6S3/c1-14(2)17-9-10-19(37-17)38(32,33)29-21-20(35-16-8-5-4-7-15(16)34-3)24(36-13-18(30)31)28-23(27-21)22-25-11-6-12-26-22/h4-12,14H,13H2,1-3H3,(H,30,31)(H,27,28,29). The van der Waals surface area contributed by atoms with Crippen LogP contribution < -0.4 is 14.2 Å². The fourth-order valence-electron chi connectivity index (χ4n) is 3.11. The molecule has 0 atom stereocenters. The first-order chi connectivity index (χ1) is 18.2. The first-order valence-corrected chi connectivity index (χ1v) is 14.4. The summed E-state index contributed by atoms with van der Waals surface area (Å²) in [5, 5.41) is 9.39. The molecular formula is C24H23N5O6S3. The van der Waals surface area contributed by atoms with Gasteiger partial charge in [-0.2, -0.15) is 0 Å². The van der Waals surface area contributed by atoms with Crippen LogP contribution in [0.15, 0.2) is 64.1 Å². The number of anilines is 1. The van der Waals surface area contributed by atoms with Gasteiger partial charge in [-0.1, -0.05) is 37.7 Å². The van der Waals surface area contributed by atoms with Crippen LogP contribution in [0.2, 0.25) is 0 Å². The highest BCUT2D eigenvalue weighted by Gasteiger charge is 2.26. The Morgan fingerprint density at radius 1 is 1.05 bits per heavy atom. The summed E-state index contributed by atoms with van der Waals surface area (Å²) < 4.78 is 40.9. The van der Waals surface area contributed by atoms with Gasteiger partial charge in [-0.25, -0.2) is 28.4 Å². The van der Waals surface area contributed by atoms with Crippen LogP contribution >= 0.6 is 23.1 Å². The summed E-state index contributed by atoms with van der Waals surface area (Å²) in [5.41, 5.74) is 0. The van der Waals surface area contributed by atoms with E-state index in [0.717, 1.165) is 28.0 Å². The predicted octanol–water partition coefficient (Wildman–Crippen LogP) is 4.90. The van der Waals surface area contributed by atoms with E-state index in [9.17, 15) is 18.3 Å². The van der Waals surface area contributed by atoms with E-state index >= 15 is 0 Å². The van der Waals surface area contributed by atoms with Gasteiger partial charge in [0.05, 0.1) is 12.9 Å². The summed E-state index contributed by atoms with van der Waals surface area (Å²) in [7, 11) is -2.64. The van der Waals surface area contributed by atoms with Crippen molar-refractivity contribution in [3.63, 3.8) is 0 Å². The maximum atomic E-state index is 13.4. The molecule has 0 aliphatic heterocycles. The van der Waals surface area contributed by atoms with E-state index in [-0.39, 0.29) is 49.9 Å². The summed E-state index contributed by atoms with van der Waals surface area (Å²) >= 11 is 1.98. The number of hydrogen-bond donors (Lipinski definition) is 2. The molecule has 0 aliphatic carbocycles. The fourth-order valence-corrected chi connectivity index (χ4v) is 6.13. The number of carboxylic acids is 1. The van der Waals surface area contributed by atoms with Crippen molar-refractivity contribution in [2.45, 2.75) is 29.0 Å². The summed E-state index contributed by atoms with van der Waals surface area (Å²) in [4.78, 5) is 29.4. The van der Waals surface area contributed by atoms with Gasteiger partial charge < -0.3 is 14.6 Å². The molecular weight excluding hydrogens is 550 g/mol. The first-order valence-electron chi connectivity index (χ1n) is 11.2. The molecule has 0 bridgehead atoms. The number of carbonyl (C=O) groups is 1. The molecule has 1 aromatic carbocycles. The maximum Gasteiger partial charge on any atom is 0.313 e. The number of aliphatic carboxylic acids is 1. The van der Waals surface area contributed by atoms with Crippen LogP contribution in [0.5, 0.6) is 17.2 Å². The zero-order chi connectivity index (χ0) is 27.3. The van der Waals surface area contributed by atoms with Crippen molar-refractivity contribution in [2.24, 2.45) is 0 Å². The highest BCUT2D eigenvalue weighted by molar-refractivity contribution is 8.00. The Kier molecular flexibility index (Phi) is 8.44. The lowest BCUT2D eigenvalue weighted by Gasteiger charge is -2.17. The van der Waals surface area contributed by atoms with E-state index in [4.69, 9.17) is 9.47 Å². The monoisotopic (exact) mass is 573 g/mol. The summed E-state index contributed by atoms with van der Waals surface area (Å²) in [6, 6.07) is 11.6. The number of sulfonamides is 1. The van der Waals surface area contributed by atoms with Crippen molar-refractivity contribution >= 4 is 44.9 Å². The molecule has 198 valence electrons. The third-order valence-electron chi connectivity index (χ3n) is 4.88. The number of rotatable bonds is 11. The molecule has 3 aromatic heterocycles. The SMILES string of the molecule is COc1ccccc1Oc1c(NS(=O)(=O)c2ccc(C(C)C)s2)nc(-c2ncccn2)nc1SCC(=O)O. The molecule has 0 fully saturated rings. The van der Waals surface area contributed by atoms with Gasteiger partial charge in [0.2, 0.25) is 11.6 Å². The Morgan fingerprint density at radius 2 is 1.76 bits per heavy atom. The molecule has 0 aliphatic rings. The minimum Gasteiger partial charge on any atom is -0.493 e. The fraction of sp³-hybridized carbons (Fsp3) is 0.208. The van der Waals surface area contributed by atoms with Crippen LogP contribution in [0.3, 0.4) is 0 Å². The molecule has 0 amide bonds. The minimum atomic E-state index is -4.10. The topological polar surface area (TPSA) is 153 Å². The van der Waals surface area contributed by atoms with Crippen LogP contribution in [0.25, 0.3) is 11.6 Å². The molecule has 0 saturated heterocycles. The van der Waals surface area contributed by atoms with E-state index in [1.165, 1.54) is 25.6 Å². The smallest absolute Gasteiger partial charge is 0.313 e. The normalized spacial score (nSPS) is 11.4. The van der Waals surface area contributed by atoms with Crippen LogP contribution in [0, 0.1) is 0 Å². The number of nitrogens with one attached hydrogen (secondary N) is 1. The number of para-hydroxylation sites is 2. The zero-order valence-corrected chi connectivity index (χ0v) is 22.9. The minimum absolute atomic E-state index is 0.0161. The summed E-state index contributed by atoms with van der Waals surface area (Å²) in [5.74, 6) is -0.910. The lowest BCUT2D eigenvalue weighted by atomic mass is 10.2. The number of benzene rings is 1. The quantitative estimate of drug-likeness (QED) is 0.186. The average molecular weight is 574 g/mol. The van der Waals surface area contributed by atoms with Gasteiger partial charge in [0.15, 0.2) is 23.1 Å². The number of ether oxygens (including phenoxy) is 2. The second-order valence-electron chi connectivity index (χ2n) is 7.95. The van der Waals surface area contributed by atoms with Crippen molar-refractivity contribution in [3.8, 4) is 28.9 Å². The van der Waals surface area contributed by atoms with Gasteiger partial charge in [0.25, 0.3) is 10.0 Å². The number of hydrogen-bond acceptors (Lipinski definition) is 11. The molecule has 4 rings (SSSR count). The second-order valence-corrected chi connectivity index (χ2v) is 11.9. The third-order valence-corrected chi connectivity index (χ3v) is 9.04. The van der Waals surface area contributed by atoms with Crippen molar-refractivity contribution in [1.29, 1.82) is 0 Å². The van der Waals surface area contributed by atoms with Gasteiger partial charge >= 0.3 is 5.97 Å². The number of nitrogens with zero attached hydrogens (tertiary/aromatic N) is 4. The Labute approximate surface area is 227 Å². The molecule has 3 heterocycles. The number of thiophene rings is 1.